The lowest BCUT2D eigenvalue weighted by Gasteiger charge is -2.13. The number of methoxy groups -OCH3 is 1. The Labute approximate surface area is 118 Å². The first-order valence-corrected chi connectivity index (χ1v) is 6.00. The van der Waals surface area contributed by atoms with Crippen molar-refractivity contribution in [2.45, 2.75) is 19.0 Å². The van der Waals surface area contributed by atoms with Crippen LogP contribution in [0.25, 0.3) is 11.4 Å². The van der Waals surface area contributed by atoms with Gasteiger partial charge in [-0.1, -0.05) is 17.3 Å². The average Bonchev–Trinajstić information content (AvgIpc) is 2.94. The summed E-state index contributed by atoms with van der Waals surface area (Å²) in [5.74, 6) is -0.581. The summed E-state index contributed by atoms with van der Waals surface area (Å²) in [6, 6.07) is 5.22. The fourth-order valence-corrected chi connectivity index (χ4v) is 1.62. The van der Waals surface area contributed by atoms with Gasteiger partial charge in [0.2, 0.25) is 11.7 Å². The number of carbonyl (C=O) groups is 1. The van der Waals surface area contributed by atoms with Gasteiger partial charge in [-0.2, -0.15) is 13.8 Å². The standard InChI is InChI=1S/C13H12F2N2O4/c1-20-13(14,15)9-4-2-8(3-5-9)12-16-10(21-17-12)6-7-11(18)19/h2-5H,6-7H2,1H3,(H,18,19). The van der Waals surface area contributed by atoms with Gasteiger partial charge in [0.25, 0.3) is 0 Å². The minimum atomic E-state index is -3.36. The molecule has 0 amide bonds. The van der Waals surface area contributed by atoms with Crippen molar-refractivity contribution in [1.29, 1.82) is 0 Å². The molecule has 6 nitrogen and oxygen atoms in total. The molecule has 1 aromatic heterocycles. The molecule has 0 aliphatic carbocycles. The van der Waals surface area contributed by atoms with E-state index in [-0.39, 0.29) is 30.1 Å². The third-order valence-electron chi connectivity index (χ3n) is 2.76. The first-order chi connectivity index (χ1) is 9.92. The summed E-state index contributed by atoms with van der Waals surface area (Å²) in [5, 5.41) is 12.2. The predicted molar refractivity (Wildman–Crippen MR) is 66.6 cm³/mol. The van der Waals surface area contributed by atoms with Crippen LogP contribution in [-0.2, 0) is 22.1 Å². The van der Waals surface area contributed by atoms with Crippen molar-refractivity contribution in [2.75, 3.05) is 7.11 Å². The van der Waals surface area contributed by atoms with Gasteiger partial charge in [-0.15, -0.1) is 0 Å². The van der Waals surface area contributed by atoms with Gasteiger partial charge in [0, 0.05) is 19.1 Å². The van der Waals surface area contributed by atoms with Crippen LogP contribution in [0.2, 0.25) is 0 Å². The molecular weight excluding hydrogens is 286 g/mol. The molecule has 8 heteroatoms. The van der Waals surface area contributed by atoms with Crippen molar-refractivity contribution in [3.8, 4) is 11.4 Å². The van der Waals surface area contributed by atoms with Gasteiger partial charge in [-0.25, -0.2) is 0 Å². The molecular formula is C13H12F2N2O4. The third kappa shape index (κ3) is 3.60. The number of aliphatic carboxylic acids is 1. The molecule has 0 bridgehead atoms. The van der Waals surface area contributed by atoms with Gasteiger partial charge in [-0.3, -0.25) is 4.79 Å². The summed E-state index contributed by atoms with van der Waals surface area (Å²) in [6.07, 6.45) is -3.37. The monoisotopic (exact) mass is 298 g/mol. The maximum Gasteiger partial charge on any atom is 0.383 e. The van der Waals surface area contributed by atoms with E-state index in [9.17, 15) is 13.6 Å². The van der Waals surface area contributed by atoms with E-state index in [0.29, 0.717) is 5.56 Å². The third-order valence-corrected chi connectivity index (χ3v) is 2.76. The van der Waals surface area contributed by atoms with Crippen molar-refractivity contribution in [3.63, 3.8) is 0 Å². The SMILES string of the molecule is COC(F)(F)c1ccc(-c2noc(CCC(=O)O)n2)cc1. The van der Waals surface area contributed by atoms with Crippen LogP contribution in [0.3, 0.4) is 0 Å². The van der Waals surface area contributed by atoms with E-state index >= 15 is 0 Å². The molecule has 0 aliphatic heterocycles. The van der Waals surface area contributed by atoms with Crippen LogP contribution in [0.1, 0.15) is 17.9 Å². The molecule has 112 valence electrons. The molecule has 0 aliphatic rings. The van der Waals surface area contributed by atoms with Crippen LogP contribution in [0, 0.1) is 0 Å². The van der Waals surface area contributed by atoms with Gasteiger partial charge in [0.05, 0.1) is 12.0 Å². The molecule has 2 aromatic rings. The number of carboxylic acid groups (broad SMARTS) is 1. The molecule has 0 saturated carbocycles. The van der Waals surface area contributed by atoms with Crippen LogP contribution in [0.5, 0.6) is 0 Å². The number of benzene rings is 1. The second-order valence-corrected chi connectivity index (χ2v) is 4.20. The van der Waals surface area contributed by atoms with Gasteiger partial charge >= 0.3 is 12.1 Å². The number of halogens is 2. The summed E-state index contributed by atoms with van der Waals surface area (Å²) >= 11 is 0. The Hall–Kier alpha value is -2.35. The lowest BCUT2D eigenvalue weighted by Crippen LogP contribution is -2.15. The normalized spacial score (nSPS) is 11.6. The molecule has 0 atom stereocenters. The summed E-state index contributed by atoms with van der Waals surface area (Å²) in [7, 11) is 0.918. The van der Waals surface area contributed by atoms with E-state index in [1.165, 1.54) is 24.3 Å². The zero-order chi connectivity index (χ0) is 15.5. The zero-order valence-corrected chi connectivity index (χ0v) is 11.0. The molecule has 0 saturated heterocycles. The zero-order valence-electron chi connectivity index (χ0n) is 11.0. The largest absolute Gasteiger partial charge is 0.481 e. The fraction of sp³-hybridized carbons (Fsp3) is 0.308. The van der Waals surface area contributed by atoms with E-state index in [1.807, 2.05) is 0 Å². The van der Waals surface area contributed by atoms with E-state index in [1.54, 1.807) is 0 Å². The molecule has 1 heterocycles. The number of ether oxygens (including phenoxy) is 1. The second-order valence-electron chi connectivity index (χ2n) is 4.20. The highest BCUT2D eigenvalue weighted by Crippen LogP contribution is 2.29. The number of rotatable bonds is 6. The Balaban J connectivity index is 2.14. The first kappa shape index (κ1) is 15.0. The van der Waals surface area contributed by atoms with E-state index in [4.69, 9.17) is 9.63 Å². The Bertz CT molecular complexity index is 625. The summed E-state index contributed by atoms with van der Waals surface area (Å²) in [6.45, 7) is 0. The molecule has 1 aromatic carbocycles. The molecule has 21 heavy (non-hydrogen) atoms. The van der Waals surface area contributed by atoms with Crippen molar-refractivity contribution in [3.05, 3.63) is 35.7 Å². The van der Waals surface area contributed by atoms with Crippen molar-refractivity contribution >= 4 is 5.97 Å². The highest BCUT2D eigenvalue weighted by atomic mass is 19.3. The van der Waals surface area contributed by atoms with Gasteiger partial charge in [0.15, 0.2) is 0 Å². The lowest BCUT2D eigenvalue weighted by molar-refractivity contribution is -0.231. The Morgan fingerprint density at radius 3 is 2.62 bits per heavy atom. The van der Waals surface area contributed by atoms with Crippen molar-refractivity contribution < 1.29 is 27.9 Å². The van der Waals surface area contributed by atoms with Gasteiger partial charge < -0.3 is 14.4 Å². The highest BCUT2D eigenvalue weighted by Gasteiger charge is 2.30. The lowest BCUT2D eigenvalue weighted by atomic mass is 10.1. The number of hydrogen-bond donors (Lipinski definition) is 1. The topological polar surface area (TPSA) is 85.5 Å². The minimum Gasteiger partial charge on any atom is -0.481 e. The number of hydrogen-bond acceptors (Lipinski definition) is 5. The smallest absolute Gasteiger partial charge is 0.383 e. The molecule has 0 unspecified atom stereocenters. The quantitative estimate of drug-likeness (QED) is 0.881. The Morgan fingerprint density at radius 2 is 2.05 bits per heavy atom. The first-order valence-electron chi connectivity index (χ1n) is 6.00. The maximum atomic E-state index is 13.3. The summed E-state index contributed by atoms with van der Waals surface area (Å²) < 4.78 is 35.5. The van der Waals surface area contributed by atoms with E-state index < -0.39 is 12.1 Å². The molecule has 0 radical (unpaired) electrons. The number of carboxylic acids is 1. The second kappa shape index (κ2) is 5.96. The van der Waals surface area contributed by atoms with Crippen LogP contribution >= 0.6 is 0 Å². The van der Waals surface area contributed by atoms with Crippen LogP contribution in [0.15, 0.2) is 28.8 Å². The summed E-state index contributed by atoms with van der Waals surface area (Å²) in [5.41, 5.74) is 0.194. The van der Waals surface area contributed by atoms with Crippen LogP contribution in [0.4, 0.5) is 8.78 Å². The van der Waals surface area contributed by atoms with Crippen LogP contribution < -0.4 is 0 Å². The molecule has 1 N–H and O–H groups in total. The van der Waals surface area contributed by atoms with Gasteiger partial charge in [0.1, 0.15) is 0 Å². The maximum absolute atomic E-state index is 13.3. The van der Waals surface area contributed by atoms with Crippen molar-refractivity contribution in [2.24, 2.45) is 0 Å². The van der Waals surface area contributed by atoms with Crippen molar-refractivity contribution in [1.82, 2.24) is 10.1 Å². The number of aryl methyl sites for hydroxylation is 1. The van der Waals surface area contributed by atoms with E-state index in [0.717, 1.165) is 7.11 Å². The molecule has 2 rings (SSSR count). The highest BCUT2D eigenvalue weighted by molar-refractivity contribution is 5.66. The number of alkyl halides is 2. The molecule has 0 fully saturated rings. The Morgan fingerprint density at radius 1 is 1.38 bits per heavy atom. The Kier molecular flexibility index (Phi) is 4.27. The number of nitrogens with zero attached hydrogens (tertiary/aromatic N) is 2. The van der Waals surface area contributed by atoms with Gasteiger partial charge in [-0.05, 0) is 12.1 Å². The van der Waals surface area contributed by atoms with Crippen LogP contribution in [-0.4, -0.2) is 28.3 Å². The number of aromatic nitrogens is 2. The van der Waals surface area contributed by atoms with E-state index in [2.05, 4.69) is 14.9 Å². The summed E-state index contributed by atoms with van der Waals surface area (Å²) in [4.78, 5) is 14.4. The molecule has 0 spiro atoms. The minimum absolute atomic E-state index is 0.113. The predicted octanol–water partition coefficient (Wildman–Crippen LogP) is 2.45. The fourth-order valence-electron chi connectivity index (χ4n) is 1.62. The average molecular weight is 298 g/mol.